The minimum atomic E-state index is -0.447. The summed E-state index contributed by atoms with van der Waals surface area (Å²) in [7, 11) is 0. The van der Waals surface area contributed by atoms with Crippen LogP contribution in [0.2, 0.25) is 0 Å². The number of fused-ring (bicyclic) bond motifs is 1. The quantitative estimate of drug-likeness (QED) is 0.468. The summed E-state index contributed by atoms with van der Waals surface area (Å²) in [4.78, 5) is 12.2. The average Bonchev–Trinajstić information content (AvgIpc) is 3.11. The topological polar surface area (TPSA) is 104 Å². The molecule has 0 saturated carbocycles. The van der Waals surface area contributed by atoms with E-state index < -0.39 is 5.82 Å². The Morgan fingerprint density at radius 2 is 1.97 bits per heavy atom. The highest BCUT2D eigenvalue weighted by Gasteiger charge is 2.21. The number of para-hydroxylation sites is 2. The van der Waals surface area contributed by atoms with Gasteiger partial charge >= 0.3 is 0 Å². The average molecular weight is 415 g/mol. The molecule has 1 amide bonds. The minimum Gasteiger partial charge on any atom is -0.486 e. The molecule has 10 heteroatoms. The van der Waals surface area contributed by atoms with Gasteiger partial charge in [-0.05, 0) is 24.3 Å². The summed E-state index contributed by atoms with van der Waals surface area (Å²) in [5.74, 6) is 6.92. The van der Waals surface area contributed by atoms with Crippen LogP contribution < -0.4 is 20.6 Å². The zero-order valence-corrected chi connectivity index (χ0v) is 16.1. The third-order valence-electron chi connectivity index (χ3n) is 4.21. The molecule has 3 aromatic rings. The smallest absolute Gasteiger partial charge is 0.230 e. The second-order valence-corrected chi connectivity index (χ2v) is 7.19. The number of nitrogens with zero attached hydrogens (tertiary/aromatic N) is 3. The standard InChI is InChI=1S/C19H18FN5O3S/c20-14-6-2-1-5-13(14)18-23-24-19(25(18)21)29-11-17(26)22-9-12-10-27-15-7-3-4-8-16(15)28-12/h1-8,12H,9-11,21H2,(H,22,26)/t12-/m0/s1. The van der Waals surface area contributed by atoms with E-state index in [2.05, 4.69) is 15.5 Å². The Labute approximate surface area is 170 Å². The SMILES string of the molecule is Nn1c(SCC(=O)NC[C@H]2COc3ccccc3O2)nnc1-c1ccccc1F. The van der Waals surface area contributed by atoms with Gasteiger partial charge in [0, 0.05) is 0 Å². The second-order valence-electron chi connectivity index (χ2n) is 6.25. The largest absolute Gasteiger partial charge is 0.486 e. The van der Waals surface area contributed by atoms with Crippen molar-refractivity contribution in [3.63, 3.8) is 0 Å². The van der Waals surface area contributed by atoms with Crippen LogP contribution in [0.1, 0.15) is 0 Å². The fourth-order valence-corrected chi connectivity index (χ4v) is 3.46. The minimum absolute atomic E-state index is 0.0801. The number of halogens is 1. The molecule has 1 aliphatic heterocycles. The molecular weight excluding hydrogens is 397 g/mol. The number of nitrogen functional groups attached to an aromatic ring is 1. The summed E-state index contributed by atoms with van der Waals surface area (Å²) in [6.07, 6.45) is -0.273. The number of nitrogens with one attached hydrogen (secondary N) is 1. The van der Waals surface area contributed by atoms with Gasteiger partial charge < -0.3 is 20.6 Å². The number of nitrogens with two attached hydrogens (primary N) is 1. The summed E-state index contributed by atoms with van der Waals surface area (Å²) < 4.78 is 26.5. The highest BCUT2D eigenvalue weighted by molar-refractivity contribution is 7.99. The Morgan fingerprint density at radius 1 is 1.21 bits per heavy atom. The van der Waals surface area contributed by atoms with E-state index >= 15 is 0 Å². The van der Waals surface area contributed by atoms with E-state index in [-0.39, 0.29) is 29.2 Å². The van der Waals surface area contributed by atoms with Gasteiger partial charge in [0.25, 0.3) is 0 Å². The lowest BCUT2D eigenvalue weighted by atomic mass is 10.2. The molecule has 2 heterocycles. The van der Waals surface area contributed by atoms with Crippen molar-refractivity contribution in [1.29, 1.82) is 0 Å². The first kappa shape index (κ1) is 19.1. The van der Waals surface area contributed by atoms with Crippen LogP contribution in [0.25, 0.3) is 11.4 Å². The van der Waals surface area contributed by atoms with Crippen LogP contribution in [-0.4, -0.2) is 45.8 Å². The van der Waals surface area contributed by atoms with Gasteiger partial charge in [-0.25, -0.2) is 9.07 Å². The number of benzene rings is 2. The van der Waals surface area contributed by atoms with Gasteiger partial charge in [0.1, 0.15) is 18.5 Å². The number of ether oxygens (including phenoxy) is 2. The van der Waals surface area contributed by atoms with Gasteiger partial charge in [0.15, 0.2) is 17.3 Å². The summed E-state index contributed by atoms with van der Waals surface area (Å²) >= 11 is 1.11. The molecule has 150 valence electrons. The van der Waals surface area contributed by atoms with Crippen LogP contribution in [0.4, 0.5) is 4.39 Å². The van der Waals surface area contributed by atoms with Crippen molar-refractivity contribution in [2.75, 3.05) is 24.7 Å². The van der Waals surface area contributed by atoms with E-state index in [9.17, 15) is 9.18 Å². The molecule has 3 N–H and O–H groups in total. The second kappa shape index (κ2) is 8.39. The van der Waals surface area contributed by atoms with E-state index in [4.69, 9.17) is 15.3 Å². The molecule has 0 aliphatic carbocycles. The fraction of sp³-hybridized carbons (Fsp3) is 0.211. The monoisotopic (exact) mass is 415 g/mol. The van der Waals surface area contributed by atoms with E-state index in [0.717, 1.165) is 11.8 Å². The van der Waals surface area contributed by atoms with E-state index in [1.807, 2.05) is 24.3 Å². The highest BCUT2D eigenvalue weighted by Crippen LogP contribution is 2.30. The lowest BCUT2D eigenvalue weighted by Gasteiger charge is -2.26. The van der Waals surface area contributed by atoms with Gasteiger partial charge in [-0.3, -0.25) is 4.79 Å². The van der Waals surface area contributed by atoms with Crippen LogP contribution in [0, 0.1) is 5.82 Å². The fourth-order valence-electron chi connectivity index (χ4n) is 2.77. The molecule has 29 heavy (non-hydrogen) atoms. The molecule has 0 spiro atoms. The molecular formula is C19H18FN5O3S. The Morgan fingerprint density at radius 3 is 2.79 bits per heavy atom. The molecule has 0 radical (unpaired) electrons. The molecule has 0 unspecified atom stereocenters. The zero-order chi connectivity index (χ0) is 20.2. The summed E-state index contributed by atoms with van der Waals surface area (Å²) in [5, 5.41) is 11.0. The predicted octanol–water partition coefficient (Wildman–Crippen LogP) is 1.85. The molecule has 1 aromatic heterocycles. The van der Waals surface area contributed by atoms with E-state index in [1.165, 1.54) is 10.7 Å². The van der Waals surface area contributed by atoms with Crippen molar-refractivity contribution in [1.82, 2.24) is 20.2 Å². The Balaban J connectivity index is 1.29. The number of thioether (sulfide) groups is 1. The summed E-state index contributed by atoms with van der Waals surface area (Å²) in [6, 6.07) is 13.5. The summed E-state index contributed by atoms with van der Waals surface area (Å²) in [5.41, 5.74) is 0.244. The number of rotatable bonds is 6. The first-order valence-corrected chi connectivity index (χ1v) is 9.84. The molecule has 0 bridgehead atoms. The first-order chi connectivity index (χ1) is 14.1. The molecule has 8 nitrogen and oxygen atoms in total. The first-order valence-electron chi connectivity index (χ1n) is 8.85. The number of aromatic nitrogens is 3. The van der Waals surface area contributed by atoms with Crippen LogP contribution in [-0.2, 0) is 4.79 Å². The van der Waals surface area contributed by atoms with Crippen LogP contribution in [0.3, 0.4) is 0 Å². The van der Waals surface area contributed by atoms with Crippen molar-refractivity contribution in [3.8, 4) is 22.9 Å². The molecule has 0 saturated heterocycles. The number of carbonyl (C=O) groups is 1. The Hall–Kier alpha value is -3.27. The van der Waals surface area contributed by atoms with Crippen molar-refractivity contribution in [3.05, 3.63) is 54.3 Å². The van der Waals surface area contributed by atoms with Crippen LogP contribution in [0.5, 0.6) is 11.5 Å². The molecule has 0 fully saturated rings. The Bertz CT molecular complexity index is 1030. The van der Waals surface area contributed by atoms with Crippen LogP contribution in [0.15, 0.2) is 53.7 Å². The normalized spacial score (nSPS) is 15.1. The van der Waals surface area contributed by atoms with Crippen molar-refractivity contribution in [2.24, 2.45) is 0 Å². The molecule has 1 atom stereocenters. The number of amides is 1. The van der Waals surface area contributed by atoms with Crippen LogP contribution >= 0.6 is 11.8 Å². The predicted molar refractivity (Wildman–Crippen MR) is 106 cm³/mol. The zero-order valence-electron chi connectivity index (χ0n) is 15.2. The number of hydrogen-bond donors (Lipinski definition) is 2. The number of carbonyl (C=O) groups excluding carboxylic acids is 1. The van der Waals surface area contributed by atoms with Gasteiger partial charge in [-0.1, -0.05) is 36.0 Å². The molecule has 2 aromatic carbocycles. The molecule has 4 rings (SSSR count). The third kappa shape index (κ3) is 4.27. The van der Waals surface area contributed by atoms with Gasteiger partial charge in [0.2, 0.25) is 11.1 Å². The Kier molecular flexibility index (Phi) is 5.52. The lowest BCUT2D eigenvalue weighted by Crippen LogP contribution is -2.41. The van der Waals surface area contributed by atoms with Crippen molar-refractivity contribution < 1.29 is 18.7 Å². The lowest BCUT2D eigenvalue weighted by molar-refractivity contribution is -0.119. The van der Waals surface area contributed by atoms with Crippen molar-refractivity contribution >= 4 is 17.7 Å². The maximum atomic E-state index is 13.9. The molecule has 1 aliphatic rings. The van der Waals surface area contributed by atoms with E-state index in [0.29, 0.717) is 29.8 Å². The summed E-state index contributed by atoms with van der Waals surface area (Å²) in [6.45, 7) is 0.664. The van der Waals surface area contributed by atoms with E-state index in [1.54, 1.807) is 18.2 Å². The number of hydrogen-bond acceptors (Lipinski definition) is 7. The van der Waals surface area contributed by atoms with Gasteiger partial charge in [-0.15, -0.1) is 10.2 Å². The third-order valence-corrected chi connectivity index (χ3v) is 5.15. The van der Waals surface area contributed by atoms with Gasteiger partial charge in [-0.2, -0.15) is 0 Å². The maximum absolute atomic E-state index is 13.9. The maximum Gasteiger partial charge on any atom is 0.230 e. The highest BCUT2D eigenvalue weighted by atomic mass is 32.2. The van der Waals surface area contributed by atoms with Crippen molar-refractivity contribution in [2.45, 2.75) is 11.3 Å². The van der Waals surface area contributed by atoms with Gasteiger partial charge in [0.05, 0.1) is 17.9 Å².